The van der Waals surface area contributed by atoms with Crippen molar-refractivity contribution in [3.8, 4) is 0 Å². The predicted octanol–water partition coefficient (Wildman–Crippen LogP) is 1.91. The molecule has 0 aliphatic rings. The lowest BCUT2D eigenvalue weighted by molar-refractivity contribution is 0.111. The average Bonchev–Trinajstić information content (AvgIpc) is 2.97. The molecule has 2 rings (SSSR count). The number of imidazole rings is 1. The van der Waals surface area contributed by atoms with E-state index in [9.17, 15) is 4.79 Å². The molecule has 0 radical (unpaired) electrons. The SMILES string of the molecule is CCC(C)n1ccc(Cn2ccnc2C=O)n1. The summed E-state index contributed by atoms with van der Waals surface area (Å²) in [6.07, 6.45) is 7.18. The highest BCUT2D eigenvalue weighted by Gasteiger charge is 2.07. The molecule has 2 aromatic heterocycles. The van der Waals surface area contributed by atoms with Gasteiger partial charge < -0.3 is 4.57 Å². The van der Waals surface area contributed by atoms with Crippen LogP contribution < -0.4 is 0 Å². The Bertz CT molecular complexity index is 500. The molecule has 0 aliphatic heterocycles. The standard InChI is InChI=1S/C12H16N4O/c1-3-10(2)16-6-4-11(14-16)8-15-7-5-13-12(15)9-17/h4-7,9-10H,3,8H2,1-2H3. The second-order valence-corrected chi connectivity index (χ2v) is 4.08. The van der Waals surface area contributed by atoms with Crippen molar-refractivity contribution in [2.24, 2.45) is 0 Å². The third-order valence-electron chi connectivity index (χ3n) is 2.89. The number of carbonyl (C=O) groups is 1. The summed E-state index contributed by atoms with van der Waals surface area (Å²) in [5, 5.41) is 4.48. The van der Waals surface area contributed by atoms with Gasteiger partial charge in [0, 0.05) is 24.6 Å². The van der Waals surface area contributed by atoms with E-state index in [4.69, 9.17) is 0 Å². The van der Waals surface area contributed by atoms with Crippen molar-refractivity contribution in [1.82, 2.24) is 19.3 Å². The second kappa shape index (κ2) is 4.95. The molecule has 0 spiro atoms. The number of aldehydes is 1. The van der Waals surface area contributed by atoms with Crippen LogP contribution >= 0.6 is 0 Å². The van der Waals surface area contributed by atoms with Crippen molar-refractivity contribution in [3.05, 3.63) is 36.2 Å². The third kappa shape index (κ3) is 2.43. The molecule has 2 aromatic rings. The van der Waals surface area contributed by atoms with Gasteiger partial charge in [0.1, 0.15) is 0 Å². The highest BCUT2D eigenvalue weighted by atomic mass is 16.1. The Labute approximate surface area is 100 Å². The molecule has 0 N–H and O–H groups in total. The van der Waals surface area contributed by atoms with Crippen molar-refractivity contribution in [2.75, 3.05) is 0 Å². The fourth-order valence-electron chi connectivity index (χ4n) is 1.64. The molecular weight excluding hydrogens is 216 g/mol. The summed E-state index contributed by atoms with van der Waals surface area (Å²) in [6.45, 7) is 4.84. The van der Waals surface area contributed by atoms with E-state index in [1.165, 1.54) is 0 Å². The maximum absolute atomic E-state index is 10.7. The zero-order valence-electron chi connectivity index (χ0n) is 10.1. The monoisotopic (exact) mass is 232 g/mol. The molecule has 0 saturated heterocycles. The topological polar surface area (TPSA) is 52.7 Å². The van der Waals surface area contributed by atoms with E-state index in [1.54, 1.807) is 17.0 Å². The van der Waals surface area contributed by atoms with Crippen LogP contribution in [0.4, 0.5) is 0 Å². The minimum Gasteiger partial charge on any atom is -0.323 e. The van der Waals surface area contributed by atoms with Crippen molar-refractivity contribution in [2.45, 2.75) is 32.9 Å². The zero-order chi connectivity index (χ0) is 12.3. The molecule has 0 aromatic carbocycles. The maximum atomic E-state index is 10.7. The van der Waals surface area contributed by atoms with E-state index in [0.717, 1.165) is 18.4 Å². The van der Waals surface area contributed by atoms with Gasteiger partial charge in [-0.15, -0.1) is 0 Å². The van der Waals surface area contributed by atoms with Crippen molar-refractivity contribution >= 4 is 6.29 Å². The number of hydrogen-bond donors (Lipinski definition) is 0. The Morgan fingerprint density at radius 2 is 2.29 bits per heavy atom. The summed E-state index contributed by atoms with van der Waals surface area (Å²) >= 11 is 0. The van der Waals surface area contributed by atoms with Crippen LogP contribution in [0.5, 0.6) is 0 Å². The van der Waals surface area contributed by atoms with E-state index >= 15 is 0 Å². The number of aromatic nitrogens is 4. The summed E-state index contributed by atoms with van der Waals surface area (Å²) in [4.78, 5) is 14.7. The molecule has 0 amide bonds. The van der Waals surface area contributed by atoms with Crippen molar-refractivity contribution in [1.29, 1.82) is 0 Å². The molecule has 0 saturated carbocycles. The molecular formula is C12H16N4O. The van der Waals surface area contributed by atoms with Gasteiger partial charge in [-0.1, -0.05) is 6.92 Å². The number of hydrogen-bond acceptors (Lipinski definition) is 3. The van der Waals surface area contributed by atoms with Crippen LogP contribution in [-0.2, 0) is 6.54 Å². The van der Waals surface area contributed by atoms with Gasteiger partial charge in [0.25, 0.3) is 0 Å². The summed E-state index contributed by atoms with van der Waals surface area (Å²) in [6, 6.07) is 2.37. The molecule has 0 aliphatic carbocycles. The average molecular weight is 232 g/mol. The van der Waals surface area contributed by atoms with Crippen molar-refractivity contribution in [3.63, 3.8) is 0 Å². The summed E-state index contributed by atoms with van der Waals surface area (Å²) < 4.78 is 3.74. The molecule has 0 bridgehead atoms. The Morgan fingerprint density at radius 3 is 3.00 bits per heavy atom. The maximum Gasteiger partial charge on any atom is 0.185 e. The van der Waals surface area contributed by atoms with Crippen molar-refractivity contribution < 1.29 is 4.79 Å². The third-order valence-corrected chi connectivity index (χ3v) is 2.89. The van der Waals surface area contributed by atoms with Crippen LogP contribution in [0.15, 0.2) is 24.7 Å². The smallest absolute Gasteiger partial charge is 0.185 e. The van der Waals surface area contributed by atoms with E-state index < -0.39 is 0 Å². The van der Waals surface area contributed by atoms with Gasteiger partial charge in [0.05, 0.1) is 12.2 Å². The predicted molar refractivity (Wildman–Crippen MR) is 63.9 cm³/mol. The van der Waals surface area contributed by atoms with E-state index in [0.29, 0.717) is 18.4 Å². The Kier molecular flexibility index (Phi) is 3.37. The molecule has 2 heterocycles. The van der Waals surface area contributed by atoms with E-state index in [2.05, 4.69) is 23.9 Å². The highest BCUT2D eigenvalue weighted by molar-refractivity contribution is 5.69. The first-order valence-corrected chi connectivity index (χ1v) is 5.75. The van der Waals surface area contributed by atoms with Crippen LogP contribution in [0.2, 0.25) is 0 Å². The molecule has 90 valence electrons. The second-order valence-electron chi connectivity index (χ2n) is 4.08. The molecule has 1 unspecified atom stereocenters. The van der Waals surface area contributed by atoms with Crippen LogP contribution in [0, 0.1) is 0 Å². The fourth-order valence-corrected chi connectivity index (χ4v) is 1.64. The van der Waals surface area contributed by atoms with Gasteiger partial charge in [-0.25, -0.2) is 4.98 Å². The normalized spacial score (nSPS) is 12.6. The fraction of sp³-hybridized carbons (Fsp3) is 0.417. The first-order chi connectivity index (χ1) is 8.24. The Morgan fingerprint density at radius 1 is 1.47 bits per heavy atom. The zero-order valence-corrected chi connectivity index (χ0v) is 10.1. The first kappa shape index (κ1) is 11.6. The molecule has 1 atom stereocenters. The number of rotatable bonds is 5. The Balaban J connectivity index is 2.14. The largest absolute Gasteiger partial charge is 0.323 e. The summed E-state index contributed by atoms with van der Waals surface area (Å²) in [7, 11) is 0. The minimum absolute atomic E-state index is 0.400. The van der Waals surface area contributed by atoms with Crippen LogP contribution in [0.1, 0.15) is 42.6 Å². The lowest BCUT2D eigenvalue weighted by atomic mass is 10.3. The number of carbonyl (C=O) groups excluding carboxylic acids is 1. The molecule has 5 nitrogen and oxygen atoms in total. The minimum atomic E-state index is 0.400. The lowest BCUT2D eigenvalue weighted by Crippen LogP contribution is -2.07. The van der Waals surface area contributed by atoms with Gasteiger partial charge in [0.15, 0.2) is 12.1 Å². The van der Waals surface area contributed by atoms with Crippen LogP contribution in [-0.4, -0.2) is 25.6 Å². The van der Waals surface area contributed by atoms with Gasteiger partial charge in [0.2, 0.25) is 0 Å². The molecule has 0 fully saturated rings. The van der Waals surface area contributed by atoms with Gasteiger partial charge in [-0.3, -0.25) is 9.48 Å². The quantitative estimate of drug-likeness (QED) is 0.740. The summed E-state index contributed by atoms with van der Waals surface area (Å²) in [5.74, 6) is 0.433. The van der Waals surface area contributed by atoms with Gasteiger partial charge in [-0.2, -0.15) is 5.10 Å². The highest BCUT2D eigenvalue weighted by Crippen LogP contribution is 2.10. The van der Waals surface area contributed by atoms with Gasteiger partial charge >= 0.3 is 0 Å². The molecule has 5 heteroatoms. The summed E-state index contributed by atoms with van der Waals surface area (Å²) in [5.41, 5.74) is 0.936. The van der Waals surface area contributed by atoms with Crippen LogP contribution in [0.3, 0.4) is 0 Å². The van der Waals surface area contributed by atoms with E-state index in [1.807, 2.05) is 16.9 Å². The molecule has 17 heavy (non-hydrogen) atoms. The van der Waals surface area contributed by atoms with E-state index in [-0.39, 0.29) is 0 Å². The lowest BCUT2D eigenvalue weighted by Gasteiger charge is -2.08. The van der Waals surface area contributed by atoms with Crippen LogP contribution in [0.25, 0.3) is 0 Å². The first-order valence-electron chi connectivity index (χ1n) is 5.75. The Hall–Kier alpha value is -1.91. The number of nitrogens with zero attached hydrogens (tertiary/aromatic N) is 4. The van der Waals surface area contributed by atoms with Gasteiger partial charge in [-0.05, 0) is 19.4 Å².